The molecule has 0 aromatic heterocycles. The normalized spacial score (nSPS) is 15.9. The molecule has 156 valence electrons. The number of ether oxygens (including phenoxy) is 3. The molecule has 0 aliphatic carbocycles. The molecule has 29 heavy (non-hydrogen) atoms. The number of nitrogens with one attached hydrogen (secondary N) is 1. The van der Waals surface area contributed by atoms with Gasteiger partial charge in [0.25, 0.3) is 5.91 Å². The highest BCUT2D eigenvalue weighted by atomic mass is 16.5. The Hall–Kier alpha value is -2.53. The van der Waals surface area contributed by atoms with Crippen molar-refractivity contribution in [3.63, 3.8) is 0 Å². The van der Waals surface area contributed by atoms with E-state index in [1.54, 1.807) is 6.07 Å². The summed E-state index contributed by atoms with van der Waals surface area (Å²) < 4.78 is 17.4. The third-order valence-electron chi connectivity index (χ3n) is 5.28. The van der Waals surface area contributed by atoms with Crippen molar-refractivity contribution >= 4 is 5.91 Å². The number of rotatable bonds is 8. The number of amides is 1. The minimum absolute atomic E-state index is 0.104. The van der Waals surface area contributed by atoms with Crippen LogP contribution in [-0.4, -0.2) is 31.8 Å². The van der Waals surface area contributed by atoms with Crippen molar-refractivity contribution in [1.82, 2.24) is 5.32 Å². The van der Waals surface area contributed by atoms with Crippen LogP contribution in [0, 0.1) is 20.8 Å². The molecule has 1 amide bonds. The number of hydrogen-bond acceptors (Lipinski definition) is 4. The van der Waals surface area contributed by atoms with Crippen molar-refractivity contribution in [2.24, 2.45) is 0 Å². The lowest BCUT2D eigenvalue weighted by Gasteiger charge is -2.16. The summed E-state index contributed by atoms with van der Waals surface area (Å²) in [6.07, 6.45) is 2.18. The fraction of sp³-hybridized carbons (Fsp3) is 0.458. The highest BCUT2D eigenvalue weighted by Crippen LogP contribution is 2.27. The molecule has 0 unspecified atom stereocenters. The van der Waals surface area contributed by atoms with Gasteiger partial charge < -0.3 is 19.5 Å². The van der Waals surface area contributed by atoms with Crippen molar-refractivity contribution in [1.29, 1.82) is 0 Å². The first-order valence-corrected chi connectivity index (χ1v) is 10.3. The maximum Gasteiger partial charge on any atom is 0.251 e. The number of hydrogen-bond donors (Lipinski definition) is 1. The van der Waals surface area contributed by atoms with Gasteiger partial charge in [-0.2, -0.15) is 0 Å². The van der Waals surface area contributed by atoms with E-state index in [1.807, 2.05) is 25.1 Å². The van der Waals surface area contributed by atoms with Crippen molar-refractivity contribution in [2.75, 3.05) is 19.8 Å². The topological polar surface area (TPSA) is 56.8 Å². The van der Waals surface area contributed by atoms with Crippen LogP contribution in [0.1, 0.15) is 52.4 Å². The molecule has 1 aliphatic heterocycles. The summed E-state index contributed by atoms with van der Waals surface area (Å²) in [5.41, 5.74) is 4.94. The molecule has 5 heteroatoms. The van der Waals surface area contributed by atoms with E-state index in [1.165, 1.54) is 5.56 Å². The van der Waals surface area contributed by atoms with E-state index >= 15 is 0 Å². The zero-order valence-corrected chi connectivity index (χ0v) is 17.8. The molecule has 2 aromatic carbocycles. The van der Waals surface area contributed by atoms with Crippen molar-refractivity contribution in [2.45, 2.75) is 53.2 Å². The van der Waals surface area contributed by atoms with Gasteiger partial charge in [-0.25, -0.2) is 0 Å². The molecular weight excluding hydrogens is 366 g/mol. The summed E-state index contributed by atoms with van der Waals surface area (Å²) in [5.74, 6) is 1.50. The van der Waals surface area contributed by atoms with Crippen LogP contribution in [-0.2, 0) is 11.3 Å². The molecule has 1 aliphatic rings. The quantitative estimate of drug-likeness (QED) is 0.713. The molecule has 0 saturated carbocycles. The predicted octanol–water partition coefficient (Wildman–Crippen LogP) is 4.50. The average molecular weight is 398 g/mol. The minimum atomic E-state index is -0.104. The lowest BCUT2D eigenvalue weighted by atomic mass is 10.1. The molecule has 5 nitrogen and oxygen atoms in total. The molecule has 1 heterocycles. The van der Waals surface area contributed by atoms with Gasteiger partial charge in [0.1, 0.15) is 18.1 Å². The zero-order chi connectivity index (χ0) is 20.8. The van der Waals surface area contributed by atoms with Crippen molar-refractivity contribution < 1.29 is 19.0 Å². The maximum atomic E-state index is 12.6. The monoisotopic (exact) mass is 397 g/mol. The molecule has 1 saturated heterocycles. The summed E-state index contributed by atoms with van der Waals surface area (Å²) in [6, 6.07) is 9.68. The Balaban J connectivity index is 1.73. The average Bonchev–Trinajstić information content (AvgIpc) is 3.22. The second-order valence-electron chi connectivity index (χ2n) is 7.59. The van der Waals surface area contributed by atoms with Crippen LogP contribution in [0.4, 0.5) is 0 Å². The third kappa shape index (κ3) is 5.51. The van der Waals surface area contributed by atoms with Crippen LogP contribution in [0.3, 0.4) is 0 Å². The lowest BCUT2D eigenvalue weighted by molar-refractivity contribution is 0.0857. The zero-order valence-electron chi connectivity index (χ0n) is 17.8. The van der Waals surface area contributed by atoms with E-state index in [9.17, 15) is 4.79 Å². The van der Waals surface area contributed by atoms with Crippen LogP contribution in [0.15, 0.2) is 30.3 Å². The van der Waals surface area contributed by atoms with Gasteiger partial charge in [-0.1, -0.05) is 6.07 Å². The Kier molecular flexibility index (Phi) is 7.15. The van der Waals surface area contributed by atoms with Crippen LogP contribution < -0.4 is 14.8 Å². The smallest absolute Gasteiger partial charge is 0.251 e. The summed E-state index contributed by atoms with van der Waals surface area (Å²) >= 11 is 0. The fourth-order valence-corrected chi connectivity index (χ4v) is 3.55. The summed E-state index contributed by atoms with van der Waals surface area (Å²) in [4.78, 5) is 12.6. The second-order valence-corrected chi connectivity index (χ2v) is 7.59. The van der Waals surface area contributed by atoms with E-state index < -0.39 is 0 Å². The summed E-state index contributed by atoms with van der Waals surface area (Å²) in [5, 5.41) is 2.97. The van der Waals surface area contributed by atoms with Crippen LogP contribution >= 0.6 is 0 Å². The molecule has 2 aromatic rings. The molecule has 0 radical (unpaired) electrons. The molecule has 1 atom stereocenters. The Morgan fingerprint density at radius 1 is 1.14 bits per heavy atom. The van der Waals surface area contributed by atoms with E-state index in [4.69, 9.17) is 14.2 Å². The molecule has 0 spiro atoms. The van der Waals surface area contributed by atoms with E-state index in [2.05, 4.69) is 32.2 Å². The first kappa shape index (κ1) is 21.2. The first-order valence-electron chi connectivity index (χ1n) is 10.3. The van der Waals surface area contributed by atoms with Crippen LogP contribution in [0.5, 0.6) is 11.5 Å². The summed E-state index contributed by atoms with van der Waals surface area (Å²) in [6.45, 7) is 10.4. The standard InChI is InChI=1S/C24H31NO4/c1-5-27-22-9-8-19(24(26)25-14-21-7-6-10-28-21)13-20(22)15-29-23-12-16(2)11-17(3)18(23)4/h8-9,11-13,21H,5-7,10,14-15H2,1-4H3,(H,25,26)/t21-/m1/s1. The largest absolute Gasteiger partial charge is 0.493 e. The Bertz CT molecular complexity index is 856. The number of carbonyl (C=O) groups excluding carboxylic acids is 1. The van der Waals surface area contributed by atoms with Gasteiger partial charge in [-0.05, 0) is 81.5 Å². The Morgan fingerprint density at radius 3 is 2.69 bits per heavy atom. The highest BCUT2D eigenvalue weighted by molar-refractivity contribution is 5.94. The summed E-state index contributed by atoms with van der Waals surface area (Å²) in [7, 11) is 0. The van der Waals surface area contributed by atoms with E-state index in [0.717, 1.165) is 47.6 Å². The van der Waals surface area contributed by atoms with Crippen molar-refractivity contribution in [3.05, 3.63) is 58.1 Å². The molecule has 1 N–H and O–H groups in total. The maximum absolute atomic E-state index is 12.6. The van der Waals surface area contributed by atoms with E-state index in [0.29, 0.717) is 25.3 Å². The van der Waals surface area contributed by atoms with Gasteiger partial charge in [-0.3, -0.25) is 4.79 Å². The van der Waals surface area contributed by atoms with Gasteiger partial charge in [0.15, 0.2) is 0 Å². The number of carbonyl (C=O) groups is 1. The number of benzene rings is 2. The van der Waals surface area contributed by atoms with Gasteiger partial charge in [0, 0.05) is 24.3 Å². The van der Waals surface area contributed by atoms with Gasteiger partial charge >= 0.3 is 0 Å². The molecule has 1 fully saturated rings. The van der Waals surface area contributed by atoms with Crippen molar-refractivity contribution in [3.8, 4) is 11.5 Å². The van der Waals surface area contributed by atoms with Gasteiger partial charge in [-0.15, -0.1) is 0 Å². The molecule has 3 rings (SSSR count). The molecule has 0 bridgehead atoms. The second kappa shape index (κ2) is 9.79. The van der Waals surface area contributed by atoms with Crippen LogP contribution in [0.2, 0.25) is 0 Å². The number of aryl methyl sites for hydroxylation is 2. The Morgan fingerprint density at radius 2 is 1.97 bits per heavy atom. The minimum Gasteiger partial charge on any atom is -0.493 e. The lowest BCUT2D eigenvalue weighted by Crippen LogP contribution is -2.31. The third-order valence-corrected chi connectivity index (χ3v) is 5.28. The predicted molar refractivity (Wildman–Crippen MR) is 114 cm³/mol. The Labute approximate surface area is 173 Å². The van der Waals surface area contributed by atoms with Gasteiger partial charge in [0.2, 0.25) is 0 Å². The first-order chi connectivity index (χ1) is 14.0. The SMILES string of the molecule is CCOc1ccc(C(=O)NC[C@H]2CCCO2)cc1COc1cc(C)cc(C)c1C. The fourth-order valence-electron chi connectivity index (χ4n) is 3.55. The van der Waals surface area contributed by atoms with Gasteiger partial charge in [0.05, 0.1) is 12.7 Å². The highest BCUT2D eigenvalue weighted by Gasteiger charge is 2.17. The van der Waals surface area contributed by atoms with E-state index in [-0.39, 0.29) is 12.0 Å². The molecular formula is C24H31NO4. The van der Waals surface area contributed by atoms with Crippen LogP contribution in [0.25, 0.3) is 0 Å².